The topological polar surface area (TPSA) is 57.5 Å². The molecule has 3 aromatic rings. The molecule has 3 aromatic heterocycles. The van der Waals surface area contributed by atoms with Crippen molar-refractivity contribution < 1.29 is 4.57 Å². The fourth-order valence-electron chi connectivity index (χ4n) is 3.09. The molecule has 0 radical (unpaired) electrons. The second-order valence-electron chi connectivity index (χ2n) is 5.41. The van der Waals surface area contributed by atoms with Crippen LogP contribution in [0.3, 0.4) is 0 Å². The van der Waals surface area contributed by atoms with Gasteiger partial charge in [0.25, 0.3) is 5.82 Å². The molecule has 0 aromatic carbocycles. The molecular weight excluding hydrogens is 262 g/mol. The quantitative estimate of drug-likeness (QED) is 0.704. The summed E-state index contributed by atoms with van der Waals surface area (Å²) in [5.41, 5.74) is 3.05. The summed E-state index contributed by atoms with van der Waals surface area (Å²) in [4.78, 5) is 12.6. The van der Waals surface area contributed by atoms with Crippen LogP contribution in [0.2, 0.25) is 0 Å². The van der Waals surface area contributed by atoms with Gasteiger partial charge in [-0.05, 0) is 50.2 Å². The Balaban J connectivity index is 1.92. The minimum absolute atomic E-state index is 0.465. The Morgan fingerprint density at radius 2 is 1.86 bits per heavy atom. The molecule has 1 fully saturated rings. The number of fused-ring (bicyclic) bond motifs is 1. The largest absolute Gasteiger partial charge is 0.316 e. The van der Waals surface area contributed by atoms with Gasteiger partial charge >= 0.3 is 5.65 Å². The third-order valence-corrected chi connectivity index (χ3v) is 4.09. The lowest BCUT2D eigenvalue weighted by Crippen LogP contribution is -2.46. The van der Waals surface area contributed by atoms with Crippen LogP contribution in [-0.4, -0.2) is 28.0 Å². The maximum atomic E-state index is 4.59. The van der Waals surface area contributed by atoms with Crippen molar-refractivity contribution in [3.05, 3.63) is 42.7 Å². The molecule has 0 bridgehead atoms. The van der Waals surface area contributed by atoms with Crippen molar-refractivity contribution in [2.24, 2.45) is 0 Å². The van der Waals surface area contributed by atoms with E-state index in [0.29, 0.717) is 6.04 Å². The summed E-state index contributed by atoms with van der Waals surface area (Å²) in [6.07, 6.45) is 5.93. The number of hydrogen-bond donors (Lipinski definition) is 2. The fourth-order valence-corrected chi connectivity index (χ4v) is 3.09. The van der Waals surface area contributed by atoms with Crippen molar-refractivity contribution in [2.45, 2.75) is 18.9 Å². The average Bonchev–Trinajstić information content (AvgIpc) is 2.96. The van der Waals surface area contributed by atoms with Gasteiger partial charge in [-0.15, -0.1) is 4.98 Å². The molecule has 0 amide bonds. The summed E-state index contributed by atoms with van der Waals surface area (Å²) in [6, 6.07) is 10.5. The van der Waals surface area contributed by atoms with Crippen LogP contribution in [0.5, 0.6) is 0 Å². The molecule has 0 saturated carbocycles. The first-order chi connectivity index (χ1) is 10.4. The molecule has 5 nitrogen and oxygen atoms in total. The molecule has 1 saturated heterocycles. The Morgan fingerprint density at radius 3 is 2.67 bits per heavy atom. The van der Waals surface area contributed by atoms with Gasteiger partial charge in [-0.3, -0.25) is 4.98 Å². The molecular formula is C16H18N5+. The third-order valence-electron chi connectivity index (χ3n) is 4.09. The van der Waals surface area contributed by atoms with Gasteiger partial charge in [-0.2, -0.15) is 0 Å². The van der Waals surface area contributed by atoms with E-state index in [1.165, 1.54) is 0 Å². The Bertz CT molecular complexity index is 744. The van der Waals surface area contributed by atoms with Crippen molar-refractivity contribution in [3.8, 4) is 11.5 Å². The van der Waals surface area contributed by atoms with Crippen LogP contribution in [-0.2, 0) is 0 Å². The number of H-pyrrole nitrogens is 1. The molecule has 5 heteroatoms. The molecule has 0 aliphatic carbocycles. The molecule has 1 aliphatic rings. The molecule has 4 rings (SSSR count). The van der Waals surface area contributed by atoms with Gasteiger partial charge in [-0.1, -0.05) is 6.07 Å². The molecule has 1 aliphatic heterocycles. The normalized spacial score (nSPS) is 16.4. The zero-order valence-corrected chi connectivity index (χ0v) is 11.8. The van der Waals surface area contributed by atoms with E-state index >= 15 is 0 Å². The number of nitrogens with zero attached hydrogens (tertiary/aromatic N) is 3. The van der Waals surface area contributed by atoms with E-state index in [-0.39, 0.29) is 0 Å². The molecule has 2 N–H and O–H groups in total. The maximum Gasteiger partial charge on any atom is 0.302 e. The summed E-state index contributed by atoms with van der Waals surface area (Å²) < 4.78 is 2.33. The maximum absolute atomic E-state index is 4.59. The molecule has 0 spiro atoms. The van der Waals surface area contributed by atoms with E-state index in [9.17, 15) is 0 Å². The van der Waals surface area contributed by atoms with Crippen molar-refractivity contribution >= 4 is 11.2 Å². The molecule has 0 unspecified atom stereocenters. The van der Waals surface area contributed by atoms with Crippen molar-refractivity contribution in [1.82, 2.24) is 20.3 Å². The molecule has 0 atom stereocenters. The van der Waals surface area contributed by atoms with Gasteiger partial charge in [0.05, 0.1) is 6.04 Å². The number of aromatic amines is 1. The second kappa shape index (κ2) is 5.26. The highest BCUT2D eigenvalue weighted by molar-refractivity contribution is 5.69. The Labute approximate surface area is 123 Å². The number of imidazole rings is 1. The predicted octanol–water partition coefficient (Wildman–Crippen LogP) is 1.84. The summed E-state index contributed by atoms with van der Waals surface area (Å²) in [6.45, 7) is 2.11. The summed E-state index contributed by atoms with van der Waals surface area (Å²) in [5, 5.41) is 3.42. The Hall–Kier alpha value is -2.27. The SMILES string of the molecule is c1ccc(-c2[nH]c3cccnc3[n+]2C2CCNCC2)nc1. The molecule has 106 valence electrons. The van der Waals surface area contributed by atoms with Crippen LogP contribution < -0.4 is 9.88 Å². The third kappa shape index (κ3) is 2.19. The predicted molar refractivity (Wildman–Crippen MR) is 80.7 cm³/mol. The van der Waals surface area contributed by atoms with Crippen molar-refractivity contribution in [2.75, 3.05) is 13.1 Å². The lowest BCUT2D eigenvalue weighted by Gasteiger charge is -2.22. The fraction of sp³-hybridized carbons (Fsp3) is 0.312. The number of aromatic nitrogens is 4. The van der Waals surface area contributed by atoms with Gasteiger partial charge in [-0.25, -0.2) is 9.55 Å². The van der Waals surface area contributed by atoms with E-state index in [2.05, 4.69) is 30.9 Å². The number of rotatable bonds is 2. The lowest BCUT2D eigenvalue weighted by molar-refractivity contribution is -0.691. The van der Waals surface area contributed by atoms with E-state index in [0.717, 1.165) is 48.6 Å². The van der Waals surface area contributed by atoms with Gasteiger partial charge < -0.3 is 5.32 Å². The summed E-state index contributed by atoms with van der Waals surface area (Å²) >= 11 is 0. The van der Waals surface area contributed by atoms with E-state index in [1.807, 2.05) is 36.7 Å². The number of hydrogen-bond acceptors (Lipinski definition) is 3. The Kier molecular flexibility index (Phi) is 3.12. The van der Waals surface area contributed by atoms with Gasteiger partial charge in [0.1, 0.15) is 11.9 Å². The number of nitrogens with one attached hydrogen (secondary N) is 2. The average molecular weight is 280 g/mol. The van der Waals surface area contributed by atoms with Crippen molar-refractivity contribution in [1.29, 1.82) is 0 Å². The highest BCUT2D eigenvalue weighted by Gasteiger charge is 2.28. The van der Waals surface area contributed by atoms with Crippen LogP contribution >= 0.6 is 0 Å². The van der Waals surface area contributed by atoms with Crippen LogP contribution in [0.1, 0.15) is 18.9 Å². The van der Waals surface area contributed by atoms with Crippen LogP contribution in [0.25, 0.3) is 22.7 Å². The summed E-state index contributed by atoms with van der Waals surface area (Å²) in [7, 11) is 0. The zero-order chi connectivity index (χ0) is 14.1. The van der Waals surface area contributed by atoms with E-state index in [1.54, 1.807) is 0 Å². The van der Waals surface area contributed by atoms with E-state index in [4.69, 9.17) is 0 Å². The monoisotopic (exact) mass is 280 g/mol. The van der Waals surface area contributed by atoms with Crippen LogP contribution in [0, 0.1) is 0 Å². The summed E-state index contributed by atoms with van der Waals surface area (Å²) in [5.74, 6) is 1.05. The van der Waals surface area contributed by atoms with Gasteiger partial charge in [0.15, 0.2) is 5.52 Å². The van der Waals surface area contributed by atoms with Crippen LogP contribution in [0.4, 0.5) is 0 Å². The first-order valence-electron chi connectivity index (χ1n) is 7.44. The van der Waals surface area contributed by atoms with Crippen LogP contribution in [0.15, 0.2) is 42.7 Å². The van der Waals surface area contributed by atoms with Gasteiger partial charge in [0, 0.05) is 6.20 Å². The highest BCUT2D eigenvalue weighted by atomic mass is 15.2. The zero-order valence-electron chi connectivity index (χ0n) is 11.8. The molecule has 4 heterocycles. The standard InChI is InChI=1S/C16H17N5/c1-2-8-18-13(4-1)16-20-14-5-3-9-19-15(14)21(16)12-6-10-17-11-7-12/h1-5,8-9,12,17H,6-7,10-11H2/p+1. The smallest absolute Gasteiger partial charge is 0.302 e. The van der Waals surface area contributed by atoms with Gasteiger partial charge in [0.2, 0.25) is 0 Å². The minimum atomic E-state index is 0.465. The lowest BCUT2D eigenvalue weighted by atomic mass is 10.1. The van der Waals surface area contributed by atoms with Crippen molar-refractivity contribution in [3.63, 3.8) is 0 Å². The Morgan fingerprint density at radius 1 is 1.00 bits per heavy atom. The first-order valence-corrected chi connectivity index (χ1v) is 7.44. The van der Waals surface area contributed by atoms with E-state index < -0.39 is 0 Å². The minimum Gasteiger partial charge on any atom is -0.316 e. The second-order valence-corrected chi connectivity index (χ2v) is 5.41. The highest BCUT2D eigenvalue weighted by Crippen LogP contribution is 2.21. The number of pyridine rings is 2. The number of piperidine rings is 1. The molecule has 21 heavy (non-hydrogen) atoms. The first kappa shape index (κ1) is 12.5.